The number of nitrogens with one attached hydrogen (secondary N) is 2. The van der Waals surface area contributed by atoms with Crippen molar-refractivity contribution in [1.82, 2.24) is 15.6 Å². The number of hydrogen-bond donors (Lipinski definition) is 2. The summed E-state index contributed by atoms with van der Waals surface area (Å²) in [6.07, 6.45) is 2.18. The molecule has 0 unspecified atom stereocenters. The minimum atomic E-state index is 0.942. The van der Waals surface area contributed by atoms with Gasteiger partial charge in [-0.05, 0) is 36.6 Å². The van der Waals surface area contributed by atoms with Crippen molar-refractivity contribution in [3.63, 3.8) is 0 Å². The van der Waals surface area contributed by atoms with Crippen LogP contribution in [0.15, 0.2) is 23.6 Å². The number of fused-ring (bicyclic) bond motifs is 1. The van der Waals surface area contributed by atoms with E-state index in [1.165, 1.54) is 21.7 Å². The summed E-state index contributed by atoms with van der Waals surface area (Å²) in [6.45, 7) is 6.11. The highest BCUT2D eigenvalue weighted by atomic mass is 32.1. The predicted octanol–water partition coefficient (Wildman–Crippen LogP) is 2.43. The largest absolute Gasteiger partial charge is 0.312 e. The highest BCUT2D eigenvalue weighted by Crippen LogP contribution is 2.15. The van der Waals surface area contributed by atoms with Crippen LogP contribution in [0.4, 0.5) is 0 Å². The summed E-state index contributed by atoms with van der Waals surface area (Å²) >= 11 is 1.76. The second-order valence-corrected chi connectivity index (χ2v) is 6.28. The minimum Gasteiger partial charge on any atom is -0.312 e. The van der Waals surface area contributed by atoms with Crippen molar-refractivity contribution in [2.45, 2.75) is 32.9 Å². The Labute approximate surface area is 124 Å². The summed E-state index contributed by atoms with van der Waals surface area (Å²) in [5, 5.41) is 10.3. The monoisotopic (exact) mass is 287 g/mol. The van der Waals surface area contributed by atoms with Crippen molar-refractivity contribution in [2.75, 3.05) is 13.1 Å². The maximum atomic E-state index is 4.48. The fourth-order valence-electron chi connectivity index (χ4n) is 2.59. The quantitative estimate of drug-likeness (QED) is 0.829. The van der Waals surface area contributed by atoms with E-state index in [1.807, 2.05) is 0 Å². The first-order chi connectivity index (χ1) is 9.81. The van der Waals surface area contributed by atoms with Crippen molar-refractivity contribution in [3.8, 4) is 0 Å². The first-order valence-electron chi connectivity index (χ1n) is 7.24. The van der Waals surface area contributed by atoms with Crippen molar-refractivity contribution < 1.29 is 0 Å². The van der Waals surface area contributed by atoms with Gasteiger partial charge in [0.25, 0.3) is 0 Å². The molecule has 0 aliphatic carbocycles. The molecule has 106 valence electrons. The van der Waals surface area contributed by atoms with Gasteiger partial charge in [0.05, 0.1) is 5.01 Å². The number of aromatic nitrogens is 1. The van der Waals surface area contributed by atoms with Gasteiger partial charge < -0.3 is 10.6 Å². The summed E-state index contributed by atoms with van der Waals surface area (Å²) in [6, 6.07) is 6.88. The molecule has 0 saturated carbocycles. The molecule has 0 bridgehead atoms. The second kappa shape index (κ2) is 6.48. The van der Waals surface area contributed by atoms with E-state index in [1.54, 1.807) is 11.3 Å². The zero-order valence-corrected chi connectivity index (χ0v) is 12.7. The van der Waals surface area contributed by atoms with Gasteiger partial charge in [0.1, 0.15) is 0 Å². The van der Waals surface area contributed by atoms with Gasteiger partial charge >= 0.3 is 0 Å². The third-order valence-corrected chi connectivity index (χ3v) is 4.70. The Bertz CT molecular complexity index is 577. The summed E-state index contributed by atoms with van der Waals surface area (Å²) in [5.74, 6) is 0. The average molecular weight is 287 g/mol. The standard InChI is InChI=1S/C16H21N3S/c1-12-11-20-16(19-12)5-7-17-9-13-2-3-14-4-6-18-10-15(14)8-13/h2-3,8,11,17-18H,4-7,9-10H2,1H3. The molecule has 0 spiro atoms. The molecule has 0 atom stereocenters. The maximum Gasteiger partial charge on any atom is 0.0940 e. The number of rotatable bonds is 5. The van der Waals surface area contributed by atoms with Crippen LogP contribution in [0.2, 0.25) is 0 Å². The van der Waals surface area contributed by atoms with Crippen LogP contribution in [-0.4, -0.2) is 18.1 Å². The molecule has 1 aliphatic rings. The van der Waals surface area contributed by atoms with Gasteiger partial charge in [0, 0.05) is 37.1 Å². The maximum absolute atomic E-state index is 4.48. The molecular formula is C16H21N3S. The van der Waals surface area contributed by atoms with E-state index in [4.69, 9.17) is 0 Å². The van der Waals surface area contributed by atoms with Crippen LogP contribution in [0.3, 0.4) is 0 Å². The van der Waals surface area contributed by atoms with Crippen LogP contribution in [0, 0.1) is 6.92 Å². The van der Waals surface area contributed by atoms with E-state index in [0.29, 0.717) is 0 Å². The van der Waals surface area contributed by atoms with Crippen LogP contribution < -0.4 is 10.6 Å². The van der Waals surface area contributed by atoms with E-state index >= 15 is 0 Å². The molecule has 20 heavy (non-hydrogen) atoms. The molecule has 0 amide bonds. The molecule has 1 aromatic carbocycles. The van der Waals surface area contributed by atoms with Gasteiger partial charge in [-0.15, -0.1) is 11.3 Å². The van der Waals surface area contributed by atoms with Crippen molar-refractivity contribution in [1.29, 1.82) is 0 Å². The van der Waals surface area contributed by atoms with E-state index in [0.717, 1.165) is 44.7 Å². The predicted molar refractivity (Wildman–Crippen MR) is 84.1 cm³/mol. The molecule has 0 saturated heterocycles. The number of nitrogens with zero attached hydrogens (tertiary/aromatic N) is 1. The Morgan fingerprint density at radius 3 is 3.15 bits per heavy atom. The number of benzene rings is 1. The zero-order chi connectivity index (χ0) is 13.8. The molecule has 3 nitrogen and oxygen atoms in total. The van der Waals surface area contributed by atoms with Gasteiger partial charge in [-0.25, -0.2) is 4.98 Å². The molecule has 0 radical (unpaired) electrons. The summed E-state index contributed by atoms with van der Waals surface area (Å²) in [5.41, 5.74) is 5.48. The van der Waals surface area contributed by atoms with Crippen LogP contribution in [-0.2, 0) is 25.9 Å². The third kappa shape index (κ3) is 3.45. The molecule has 0 fully saturated rings. The Morgan fingerprint density at radius 1 is 1.35 bits per heavy atom. The van der Waals surface area contributed by atoms with E-state index in [-0.39, 0.29) is 0 Å². The van der Waals surface area contributed by atoms with Gasteiger partial charge in [0.15, 0.2) is 0 Å². The summed E-state index contributed by atoms with van der Waals surface area (Å²) in [7, 11) is 0. The Balaban J connectivity index is 1.48. The van der Waals surface area contributed by atoms with Gasteiger partial charge in [-0.3, -0.25) is 0 Å². The van der Waals surface area contributed by atoms with E-state index in [2.05, 4.69) is 46.1 Å². The SMILES string of the molecule is Cc1csc(CCNCc2ccc3c(c2)CNCC3)n1. The van der Waals surface area contributed by atoms with Gasteiger partial charge in [-0.2, -0.15) is 0 Å². The van der Waals surface area contributed by atoms with E-state index < -0.39 is 0 Å². The first kappa shape index (κ1) is 13.7. The molecular weight excluding hydrogens is 266 g/mol. The Morgan fingerprint density at radius 2 is 2.30 bits per heavy atom. The van der Waals surface area contributed by atoms with Crippen molar-refractivity contribution in [3.05, 3.63) is 51.0 Å². The fraction of sp³-hybridized carbons (Fsp3) is 0.438. The summed E-state index contributed by atoms with van der Waals surface area (Å²) < 4.78 is 0. The molecule has 2 N–H and O–H groups in total. The topological polar surface area (TPSA) is 37.0 Å². The molecule has 2 aromatic rings. The lowest BCUT2D eigenvalue weighted by atomic mass is 9.98. The van der Waals surface area contributed by atoms with Crippen molar-refractivity contribution in [2.24, 2.45) is 0 Å². The number of hydrogen-bond acceptors (Lipinski definition) is 4. The van der Waals surface area contributed by atoms with Crippen LogP contribution in [0.5, 0.6) is 0 Å². The van der Waals surface area contributed by atoms with Gasteiger partial charge in [-0.1, -0.05) is 18.2 Å². The Hall–Kier alpha value is -1.23. The van der Waals surface area contributed by atoms with Gasteiger partial charge in [0.2, 0.25) is 0 Å². The Kier molecular flexibility index (Phi) is 4.45. The smallest absolute Gasteiger partial charge is 0.0940 e. The minimum absolute atomic E-state index is 0.942. The lowest BCUT2D eigenvalue weighted by molar-refractivity contribution is 0.639. The fourth-order valence-corrected chi connectivity index (χ4v) is 3.37. The number of aryl methyl sites for hydroxylation is 1. The van der Waals surface area contributed by atoms with Crippen LogP contribution >= 0.6 is 11.3 Å². The normalized spacial score (nSPS) is 14.2. The highest BCUT2D eigenvalue weighted by Gasteiger charge is 2.08. The lowest BCUT2D eigenvalue weighted by Crippen LogP contribution is -2.24. The molecule has 4 heteroatoms. The number of thiazole rings is 1. The van der Waals surface area contributed by atoms with Crippen LogP contribution in [0.25, 0.3) is 0 Å². The molecule has 1 aliphatic heterocycles. The van der Waals surface area contributed by atoms with Crippen molar-refractivity contribution >= 4 is 11.3 Å². The highest BCUT2D eigenvalue weighted by molar-refractivity contribution is 7.09. The third-order valence-electron chi connectivity index (χ3n) is 3.67. The second-order valence-electron chi connectivity index (χ2n) is 5.34. The molecule has 1 aromatic heterocycles. The lowest BCUT2D eigenvalue weighted by Gasteiger charge is -2.18. The molecule has 3 rings (SSSR count). The van der Waals surface area contributed by atoms with E-state index in [9.17, 15) is 0 Å². The molecule has 2 heterocycles. The zero-order valence-electron chi connectivity index (χ0n) is 11.9. The first-order valence-corrected chi connectivity index (χ1v) is 8.12. The summed E-state index contributed by atoms with van der Waals surface area (Å²) in [4.78, 5) is 4.48. The average Bonchev–Trinajstić information content (AvgIpc) is 2.89. The van der Waals surface area contributed by atoms with Crippen LogP contribution in [0.1, 0.15) is 27.4 Å².